The number of amides is 1. The Morgan fingerprint density at radius 2 is 2.15 bits per heavy atom. The van der Waals surface area contributed by atoms with Gasteiger partial charge in [0.15, 0.2) is 0 Å². The molecule has 1 fully saturated rings. The summed E-state index contributed by atoms with van der Waals surface area (Å²) in [6.45, 7) is 0.214. The Hall–Kier alpha value is -1.04. The first-order valence-corrected chi connectivity index (χ1v) is 4.85. The predicted octanol–water partition coefficient (Wildman–Crippen LogP) is 1.55. The highest BCUT2D eigenvalue weighted by atomic mass is 16.2. The van der Waals surface area contributed by atoms with Crippen molar-refractivity contribution < 1.29 is 4.79 Å². The number of nitriles is 1. The zero-order valence-corrected chi connectivity index (χ0v) is 8.12. The standard InChI is InChI=1S/C10H16N2O/c1-12(7-6-11)10(13)8-9-4-2-3-5-9/h9H,2-5,7-8H2,1H3. The maximum Gasteiger partial charge on any atom is 0.223 e. The first kappa shape index (κ1) is 10.0. The molecule has 1 saturated carbocycles. The molecule has 0 unspecified atom stereocenters. The normalized spacial score (nSPS) is 16.9. The molecule has 0 aliphatic heterocycles. The van der Waals surface area contributed by atoms with E-state index in [4.69, 9.17) is 5.26 Å². The van der Waals surface area contributed by atoms with Crippen molar-refractivity contribution in [2.75, 3.05) is 13.6 Å². The third kappa shape index (κ3) is 3.06. The van der Waals surface area contributed by atoms with Crippen molar-refractivity contribution in [3.05, 3.63) is 0 Å². The van der Waals surface area contributed by atoms with Gasteiger partial charge in [-0.1, -0.05) is 12.8 Å². The van der Waals surface area contributed by atoms with Crippen LogP contribution in [-0.2, 0) is 4.79 Å². The highest BCUT2D eigenvalue weighted by Gasteiger charge is 2.19. The van der Waals surface area contributed by atoms with Crippen molar-refractivity contribution in [3.8, 4) is 6.07 Å². The largest absolute Gasteiger partial charge is 0.332 e. The molecule has 0 atom stereocenters. The lowest BCUT2D eigenvalue weighted by Crippen LogP contribution is -2.28. The van der Waals surface area contributed by atoms with Gasteiger partial charge in [0.2, 0.25) is 5.91 Å². The molecule has 0 spiro atoms. The third-order valence-corrected chi connectivity index (χ3v) is 2.67. The van der Waals surface area contributed by atoms with Gasteiger partial charge in [-0.15, -0.1) is 0 Å². The number of rotatable bonds is 3. The summed E-state index contributed by atoms with van der Waals surface area (Å²) in [5.41, 5.74) is 0. The topological polar surface area (TPSA) is 44.1 Å². The van der Waals surface area contributed by atoms with Crippen LogP contribution in [-0.4, -0.2) is 24.4 Å². The first-order valence-electron chi connectivity index (χ1n) is 4.85. The lowest BCUT2D eigenvalue weighted by molar-refractivity contribution is -0.130. The third-order valence-electron chi connectivity index (χ3n) is 2.67. The number of carbonyl (C=O) groups is 1. The van der Waals surface area contributed by atoms with E-state index in [0.29, 0.717) is 12.3 Å². The summed E-state index contributed by atoms with van der Waals surface area (Å²) < 4.78 is 0. The van der Waals surface area contributed by atoms with Crippen molar-refractivity contribution >= 4 is 5.91 Å². The quantitative estimate of drug-likeness (QED) is 0.618. The van der Waals surface area contributed by atoms with Gasteiger partial charge in [0.1, 0.15) is 6.54 Å². The molecule has 0 aromatic rings. The van der Waals surface area contributed by atoms with Crippen LogP contribution in [0.1, 0.15) is 32.1 Å². The molecular formula is C10H16N2O. The second-order valence-electron chi connectivity index (χ2n) is 3.76. The molecule has 3 nitrogen and oxygen atoms in total. The Balaban J connectivity index is 2.27. The number of nitrogens with zero attached hydrogens (tertiary/aromatic N) is 2. The van der Waals surface area contributed by atoms with Crippen LogP contribution in [0.15, 0.2) is 0 Å². The van der Waals surface area contributed by atoms with Crippen LogP contribution < -0.4 is 0 Å². The summed E-state index contributed by atoms with van der Waals surface area (Å²) in [4.78, 5) is 13.0. The van der Waals surface area contributed by atoms with E-state index < -0.39 is 0 Å². The smallest absolute Gasteiger partial charge is 0.223 e. The maximum absolute atomic E-state index is 11.5. The van der Waals surface area contributed by atoms with Gasteiger partial charge < -0.3 is 4.90 Å². The van der Waals surface area contributed by atoms with Crippen LogP contribution in [0.2, 0.25) is 0 Å². The fourth-order valence-corrected chi connectivity index (χ4v) is 1.81. The molecule has 1 aliphatic rings. The van der Waals surface area contributed by atoms with E-state index in [1.807, 2.05) is 6.07 Å². The lowest BCUT2D eigenvalue weighted by atomic mass is 10.0. The zero-order chi connectivity index (χ0) is 9.68. The SMILES string of the molecule is CN(CC#N)C(=O)CC1CCCC1. The van der Waals surface area contributed by atoms with E-state index in [-0.39, 0.29) is 12.5 Å². The summed E-state index contributed by atoms with van der Waals surface area (Å²) in [6, 6.07) is 1.98. The summed E-state index contributed by atoms with van der Waals surface area (Å²) in [5, 5.41) is 8.40. The van der Waals surface area contributed by atoms with E-state index in [1.54, 1.807) is 7.05 Å². The van der Waals surface area contributed by atoms with Crippen molar-refractivity contribution in [2.24, 2.45) is 5.92 Å². The van der Waals surface area contributed by atoms with Crippen molar-refractivity contribution in [3.63, 3.8) is 0 Å². The lowest BCUT2D eigenvalue weighted by Gasteiger charge is -2.15. The monoisotopic (exact) mass is 180 g/mol. The molecule has 0 aromatic heterocycles. The minimum atomic E-state index is 0.119. The van der Waals surface area contributed by atoms with E-state index in [9.17, 15) is 4.79 Å². The van der Waals surface area contributed by atoms with Gasteiger partial charge in [-0.25, -0.2) is 0 Å². The molecule has 0 saturated heterocycles. The molecule has 0 N–H and O–H groups in total. The molecular weight excluding hydrogens is 164 g/mol. The van der Waals surface area contributed by atoms with Gasteiger partial charge in [0.05, 0.1) is 6.07 Å². The molecule has 0 bridgehead atoms. The minimum absolute atomic E-state index is 0.119. The Bertz CT molecular complexity index is 213. The summed E-state index contributed by atoms with van der Waals surface area (Å²) in [7, 11) is 1.69. The Morgan fingerprint density at radius 1 is 1.54 bits per heavy atom. The van der Waals surface area contributed by atoms with Crippen LogP contribution in [0.25, 0.3) is 0 Å². The molecule has 1 rings (SSSR count). The highest BCUT2D eigenvalue weighted by Crippen LogP contribution is 2.27. The molecule has 72 valence electrons. The van der Waals surface area contributed by atoms with E-state index in [1.165, 1.54) is 30.6 Å². The fraction of sp³-hybridized carbons (Fsp3) is 0.800. The second kappa shape index (κ2) is 4.86. The number of hydrogen-bond acceptors (Lipinski definition) is 2. The summed E-state index contributed by atoms with van der Waals surface area (Å²) >= 11 is 0. The Kier molecular flexibility index (Phi) is 3.75. The van der Waals surface area contributed by atoms with Gasteiger partial charge in [0, 0.05) is 13.5 Å². The molecule has 3 heteroatoms. The van der Waals surface area contributed by atoms with E-state index in [0.717, 1.165) is 0 Å². The van der Waals surface area contributed by atoms with Crippen molar-refractivity contribution in [1.29, 1.82) is 5.26 Å². The Labute approximate surface area is 79.3 Å². The van der Waals surface area contributed by atoms with Crippen LogP contribution in [0.4, 0.5) is 0 Å². The molecule has 13 heavy (non-hydrogen) atoms. The number of carbonyl (C=O) groups excluding carboxylic acids is 1. The van der Waals surface area contributed by atoms with E-state index >= 15 is 0 Å². The molecule has 1 aliphatic carbocycles. The van der Waals surface area contributed by atoms with Crippen LogP contribution in [0, 0.1) is 17.2 Å². The van der Waals surface area contributed by atoms with Gasteiger partial charge in [0.25, 0.3) is 0 Å². The fourth-order valence-electron chi connectivity index (χ4n) is 1.81. The predicted molar refractivity (Wildman–Crippen MR) is 49.8 cm³/mol. The van der Waals surface area contributed by atoms with Crippen LogP contribution in [0.5, 0.6) is 0 Å². The zero-order valence-electron chi connectivity index (χ0n) is 8.12. The van der Waals surface area contributed by atoms with Gasteiger partial charge in [-0.05, 0) is 18.8 Å². The summed E-state index contributed by atoms with van der Waals surface area (Å²) in [5.74, 6) is 0.696. The first-order chi connectivity index (χ1) is 6.24. The molecule has 0 radical (unpaired) electrons. The maximum atomic E-state index is 11.5. The van der Waals surface area contributed by atoms with Crippen molar-refractivity contribution in [2.45, 2.75) is 32.1 Å². The average Bonchev–Trinajstić information content (AvgIpc) is 2.57. The van der Waals surface area contributed by atoms with Crippen molar-refractivity contribution in [1.82, 2.24) is 4.90 Å². The van der Waals surface area contributed by atoms with Gasteiger partial charge in [-0.3, -0.25) is 4.79 Å². The van der Waals surface area contributed by atoms with Gasteiger partial charge in [-0.2, -0.15) is 5.26 Å². The average molecular weight is 180 g/mol. The highest BCUT2D eigenvalue weighted by molar-refractivity contribution is 5.76. The van der Waals surface area contributed by atoms with Crippen LogP contribution in [0.3, 0.4) is 0 Å². The molecule has 0 aromatic carbocycles. The summed E-state index contributed by atoms with van der Waals surface area (Å²) in [6.07, 6.45) is 5.54. The van der Waals surface area contributed by atoms with Crippen LogP contribution >= 0.6 is 0 Å². The molecule has 1 amide bonds. The number of hydrogen-bond donors (Lipinski definition) is 0. The second-order valence-corrected chi connectivity index (χ2v) is 3.76. The Morgan fingerprint density at radius 3 is 2.69 bits per heavy atom. The minimum Gasteiger partial charge on any atom is -0.332 e. The van der Waals surface area contributed by atoms with Gasteiger partial charge >= 0.3 is 0 Å². The van der Waals surface area contributed by atoms with E-state index in [2.05, 4.69) is 0 Å². The molecule has 0 heterocycles.